The molecule has 15 heteroatoms. The van der Waals surface area contributed by atoms with Gasteiger partial charge >= 0.3 is 6.09 Å². The fraction of sp³-hybridized carbons (Fsp3) is 0.500. The number of para-hydroxylation sites is 1. The smallest absolute Gasteiger partial charge is 0.407 e. The van der Waals surface area contributed by atoms with Crippen LogP contribution >= 0.6 is 0 Å². The Kier molecular flexibility index (Phi) is 15.5. The predicted molar refractivity (Wildman–Crippen MR) is 276 cm³/mol. The average Bonchev–Trinajstić information content (AvgIpc) is 4.23. The molecule has 2 aromatic carbocycles. The molecule has 5 N–H and O–H groups in total. The van der Waals surface area contributed by atoms with E-state index < -0.39 is 30.6 Å². The third-order valence-corrected chi connectivity index (χ3v) is 14.9. The molecule has 6 heterocycles. The van der Waals surface area contributed by atoms with E-state index in [9.17, 15) is 14.7 Å². The number of benzene rings is 2. The lowest BCUT2D eigenvalue weighted by Gasteiger charge is -2.37. The van der Waals surface area contributed by atoms with E-state index >= 15 is 0 Å². The second kappa shape index (κ2) is 22.1. The Balaban J connectivity index is 0.989. The molecular formula is C56H72N8O7. The number of hydrogen-bond donors (Lipinski definition) is 5. The number of H-pyrrole nitrogens is 2. The number of carbonyl (C=O) groups is 2. The largest absolute Gasteiger partial charge is 0.480 e. The summed E-state index contributed by atoms with van der Waals surface area (Å²) in [5.74, 6) is 3.64. The molecule has 7 unspecified atom stereocenters. The van der Waals surface area contributed by atoms with Gasteiger partial charge in [-0.15, -0.1) is 0 Å². The Labute approximate surface area is 417 Å². The van der Waals surface area contributed by atoms with Crippen molar-refractivity contribution in [3.63, 3.8) is 0 Å². The van der Waals surface area contributed by atoms with Crippen LogP contribution < -0.4 is 15.4 Å². The Bertz CT molecular complexity index is 2760. The zero-order valence-corrected chi connectivity index (χ0v) is 42.4. The van der Waals surface area contributed by atoms with Gasteiger partial charge in [0.25, 0.3) is 0 Å². The van der Waals surface area contributed by atoms with Gasteiger partial charge in [0.1, 0.15) is 29.2 Å². The molecule has 1 fully saturated rings. The first-order chi connectivity index (χ1) is 34.5. The average molecular weight is 969 g/mol. The molecule has 2 amide bonds. The highest BCUT2D eigenvalue weighted by Crippen LogP contribution is 2.47. The van der Waals surface area contributed by atoms with Crippen LogP contribution in [0.5, 0.6) is 5.75 Å². The number of ether oxygens (including phenoxy) is 4. The maximum atomic E-state index is 13.9. The number of alkyl carbamates (subject to hydrolysis) is 1. The highest BCUT2D eigenvalue weighted by atomic mass is 16.6. The number of imidazole rings is 2. The van der Waals surface area contributed by atoms with Gasteiger partial charge < -0.3 is 48.8 Å². The van der Waals surface area contributed by atoms with Crippen LogP contribution in [0.15, 0.2) is 78.8 Å². The van der Waals surface area contributed by atoms with Gasteiger partial charge in [0.2, 0.25) is 12.1 Å². The second-order valence-corrected chi connectivity index (χ2v) is 20.3. The minimum atomic E-state index is -0.707. The lowest BCUT2D eigenvalue weighted by molar-refractivity contribution is -0.135. The van der Waals surface area contributed by atoms with Gasteiger partial charge in [-0.25, -0.2) is 14.8 Å². The molecule has 0 bridgehead atoms. The minimum Gasteiger partial charge on any atom is -0.480 e. The minimum absolute atomic E-state index is 0.0246. The molecular weight excluding hydrogens is 897 g/mol. The normalized spacial score (nSPS) is 20.2. The van der Waals surface area contributed by atoms with Crippen molar-refractivity contribution in [3.8, 4) is 17.0 Å². The molecule has 0 saturated carbocycles. The van der Waals surface area contributed by atoms with Crippen LogP contribution in [-0.2, 0) is 19.0 Å². The molecule has 3 aliphatic heterocycles. The number of amides is 2. The first-order valence-corrected chi connectivity index (χ1v) is 25.8. The number of nitrogens with one attached hydrogen (secondary N) is 4. The van der Waals surface area contributed by atoms with Gasteiger partial charge in [-0.1, -0.05) is 84.2 Å². The third kappa shape index (κ3) is 10.6. The Morgan fingerprint density at radius 3 is 2.55 bits per heavy atom. The van der Waals surface area contributed by atoms with E-state index in [0.29, 0.717) is 19.7 Å². The number of rotatable bonds is 20. The molecule has 1 aliphatic carbocycles. The van der Waals surface area contributed by atoms with E-state index in [1.54, 1.807) is 7.11 Å². The van der Waals surface area contributed by atoms with Gasteiger partial charge in [0.05, 0.1) is 61.0 Å². The van der Waals surface area contributed by atoms with Crippen molar-refractivity contribution in [2.45, 2.75) is 141 Å². The van der Waals surface area contributed by atoms with Crippen molar-refractivity contribution in [1.29, 1.82) is 0 Å². The maximum Gasteiger partial charge on any atom is 0.407 e. The lowest BCUT2D eigenvalue weighted by atomic mass is 9.91. The van der Waals surface area contributed by atoms with Crippen LogP contribution in [0.2, 0.25) is 0 Å². The third-order valence-electron chi connectivity index (χ3n) is 14.9. The summed E-state index contributed by atoms with van der Waals surface area (Å²) in [5.41, 5.74) is 8.32. The Hall–Kier alpha value is -6.16. The number of likely N-dealkylation sites (tertiary alicyclic amines) is 1. The molecule has 71 heavy (non-hydrogen) atoms. The van der Waals surface area contributed by atoms with Crippen LogP contribution in [0.1, 0.15) is 146 Å². The summed E-state index contributed by atoms with van der Waals surface area (Å²) in [6.07, 6.45) is 17.1. The second-order valence-electron chi connectivity index (χ2n) is 20.3. The fourth-order valence-electron chi connectivity index (χ4n) is 11.0. The number of aromatic nitrogens is 5. The topological polar surface area (TPSA) is 181 Å². The standard InChI is InChI=1S/C56H72N8O7/c1-8-9-14-36(16-12-18-46(65)50(33(2)3)59-32-68-6)52-57-30-41(60-52)37-21-24-43-39(27-37)28-45-40-23-20-38(29-49(40)71-55(64(43)45)48-25-22-35-15-10-11-19-47(35)70-48)42-31-58-53(61-42)44-17-13-26-63(44)54(66)51(34(4)5)62-56(67)69-7/h10-11,15,19,21-22,24-25,27-31,33-34,36,44,46,48,50-51,55,59,65H,8-9,12-14,16-18,20,23,26,32H2,1-7H3,(H,57,60)(H,58,61)(H,62,67). The molecule has 5 aromatic rings. The maximum absolute atomic E-state index is 13.9. The number of fused-ring (bicyclic) bond motifs is 5. The van der Waals surface area contributed by atoms with E-state index in [1.807, 2.05) is 49.3 Å². The van der Waals surface area contributed by atoms with Crippen LogP contribution in [0.25, 0.3) is 39.4 Å². The van der Waals surface area contributed by atoms with Gasteiger partial charge in [-0.05, 0) is 98.8 Å². The summed E-state index contributed by atoms with van der Waals surface area (Å²) in [6, 6.07) is 16.0. The monoisotopic (exact) mass is 969 g/mol. The number of aromatic amines is 2. The van der Waals surface area contributed by atoms with Gasteiger partial charge in [-0.3, -0.25) is 10.1 Å². The summed E-state index contributed by atoms with van der Waals surface area (Å²) in [7, 11) is 2.97. The van der Waals surface area contributed by atoms with E-state index in [1.165, 1.54) is 7.11 Å². The zero-order chi connectivity index (χ0) is 49.8. The van der Waals surface area contributed by atoms with Gasteiger partial charge in [-0.2, -0.15) is 0 Å². The number of hydrogen-bond acceptors (Lipinski definition) is 10. The summed E-state index contributed by atoms with van der Waals surface area (Å²) >= 11 is 0. The summed E-state index contributed by atoms with van der Waals surface area (Å²) in [4.78, 5) is 45.0. The number of nitrogens with zero attached hydrogens (tertiary/aromatic N) is 4. The molecule has 3 aromatic heterocycles. The quantitative estimate of drug-likeness (QED) is 0.0471. The Morgan fingerprint density at radius 1 is 0.944 bits per heavy atom. The molecule has 0 spiro atoms. The van der Waals surface area contributed by atoms with Crippen molar-refractivity contribution in [2.24, 2.45) is 11.8 Å². The van der Waals surface area contributed by atoms with E-state index in [2.05, 4.69) is 94.5 Å². The number of allylic oxidation sites excluding steroid dienone is 3. The van der Waals surface area contributed by atoms with Crippen LogP contribution in [0.4, 0.5) is 4.79 Å². The fourth-order valence-corrected chi connectivity index (χ4v) is 11.0. The van der Waals surface area contributed by atoms with E-state index in [-0.39, 0.29) is 35.7 Å². The molecule has 4 aliphatic rings. The first kappa shape index (κ1) is 49.8. The molecule has 378 valence electrons. The van der Waals surface area contributed by atoms with Crippen molar-refractivity contribution in [2.75, 3.05) is 27.5 Å². The molecule has 0 radical (unpaired) electrons. The number of unbranched alkanes of at least 4 members (excludes halogenated alkanes) is 1. The number of carbonyl (C=O) groups excluding carboxylic acids is 2. The number of methoxy groups -OCH3 is 2. The first-order valence-electron chi connectivity index (χ1n) is 25.8. The molecule has 15 nitrogen and oxygen atoms in total. The molecule has 7 atom stereocenters. The van der Waals surface area contributed by atoms with Crippen LogP contribution in [0.3, 0.4) is 0 Å². The molecule has 9 rings (SSSR count). The number of aliphatic hydroxyl groups excluding tert-OH is 1. The van der Waals surface area contributed by atoms with Crippen molar-refractivity contribution in [1.82, 2.24) is 40.0 Å². The highest BCUT2D eigenvalue weighted by Gasteiger charge is 2.40. The van der Waals surface area contributed by atoms with Crippen LogP contribution in [-0.4, -0.2) is 98.3 Å². The summed E-state index contributed by atoms with van der Waals surface area (Å²) in [5, 5.41) is 18.3. The number of aliphatic hydroxyl groups is 1. The van der Waals surface area contributed by atoms with Gasteiger partial charge in [0.15, 0.2) is 6.10 Å². The zero-order valence-electron chi connectivity index (χ0n) is 42.4. The lowest BCUT2D eigenvalue weighted by Crippen LogP contribution is -2.51. The van der Waals surface area contributed by atoms with Crippen molar-refractivity contribution in [3.05, 3.63) is 107 Å². The Morgan fingerprint density at radius 2 is 1.76 bits per heavy atom. The summed E-state index contributed by atoms with van der Waals surface area (Å²) < 4.78 is 26.2. The van der Waals surface area contributed by atoms with Crippen molar-refractivity contribution >= 4 is 40.1 Å². The summed E-state index contributed by atoms with van der Waals surface area (Å²) in [6.45, 7) is 11.3. The van der Waals surface area contributed by atoms with Crippen molar-refractivity contribution < 1.29 is 33.6 Å². The van der Waals surface area contributed by atoms with Crippen LogP contribution in [0, 0.1) is 11.8 Å². The predicted octanol–water partition coefficient (Wildman–Crippen LogP) is 10.4. The SMILES string of the molecule is CCCCC(CCCC(O)C(NCOC)C(C)C)c1ncc(-c2ccc3c(c2)cc2n3C(C3C=Cc4ccccc4O3)OC3=C2CCC(c2cnc(C4CCCN4C(=O)C(NC(=O)OC)C(C)C)[nH]2)=C3)[nH]1. The van der Waals surface area contributed by atoms with E-state index in [0.717, 1.165) is 131 Å². The van der Waals surface area contributed by atoms with Gasteiger partial charge in [0, 0.05) is 47.7 Å². The highest BCUT2D eigenvalue weighted by molar-refractivity contribution is 5.92. The van der Waals surface area contributed by atoms with E-state index in [4.69, 9.17) is 28.9 Å². The molecule has 1 saturated heterocycles.